The van der Waals surface area contributed by atoms with Crippen molar-refractivity contribution in [3.8, 4) is 0 Å². The van der Waals surface area contributed by atoms with Crippen LogP contribution in [-0.4, -0.2) is 193 Å². The monoisotopic (exact) mass is 1290 g/mol. The molecule has 19 heteroatoms. The third-order valence-electron chi connectivity index (χ3n) is 18.5. The summed E-state index contributed by atoms with van der Waals surface area (Å²) in [5.74, 6) is -0.276. The van der Waals surface area contributed by atoms with Crippen molar-refractivity contribution in [2.24, 2.45) is 0 Å². The summed E-state index contributed by atoms with van der Waals surface area (Å²) in [6.07, 6.45) is 34.4. The summed E-state index contributed by atoms with van der Waals surface area (Å²) in [5.41, 5.74) is 0. The van der Waals surface area contributed by atoms with Crippen LogP contribution in [0, 0.1) is 0 Å². The Hall–Kier alpha value is -1.73. The minimum Gasteiger partial charge on any atom is -0.394 e. The Morgan fingerprint density at radius 2 is 0.700 bits per heavy atom. The number of rotatable bonds is 57. The van der Waals surface area contributed by atoms with E-state index in [4.69, 9.17) is 28.4 Å². The lowest BCUT2D eigenvalue weighted by Crippen LogP contribution is -2.66. The number of amides is 1. The van der Waals surface area contributed by atoms with Crippen LogP contribution in [0.25, 0.3) is 0 Å². The van der Waals surface area contributed by atoms with Gasteiger partial charge in [0.15, 0.2) is 18.9 Å². The number of nitrogens with one attached hydrogen (secondary N) is 1. The number of hydrogen-bond acceptors (Lipinski definition) is 18. The van der Waals surface area contributed by atoms with Crippen molar-refractivity contribution in [2.75, 3.05) is 26.4 Å². The zero-order valence-electron chi connectivity index (χ0n) is 56.1. The molecular weight excluding hydrogens is 1150 g/mol. The van der Waals surface area contributed by atoms with Gasteiger partial charge in [-0.15, -0.1) is 0 Å². The van der Waals surface area contributed by atoms with Gasteiger partial charge in [0.25, 0.3) is 0 Å². The number of carbonyl (C=O) groups excluding carboxylic acids is 1. The second-order valence-corrected chi connectivity index (χ2v) is 26.4. The van der Waals surface area contributed by atoms with Crippen molar-refractivity contribution in [3.63, 3.8) is 0 Å². The van der Waals surface area contributed by atoms with Gasteiger partial charge in [0.05, 0.1) is 38.6 Å². The van der Waals surface area contributed by atoms with E-state index in [-0.39, 0.29) is 18.9 Å². The number of aliphatic hydroxyl groups excluding tert-OH is 11. The van der Waals surface area contributed by atoms with E-state index in [0.717, 1.165) is 57.8 Å². The van der Waals surface area contributed by atoms with E-state index in [1.807, 2.05) is 6.08 Å². The van der Waals surface area contributed by atoms with Crippen molar-refractivity contribution in [2.45, 2.75) is 394 Å². The molecule has 3 fully saturated rings. The van der Waals surface area contributed by atoms with Gasteiger partial charge in [0.2, 0.25) is 5.91 Å². The van der Waals surface area contributed by atoms with Crippen LogP contribution in [-0.2, 0) is 33.2 Å². The molecule has 12 N–H and O–H groups in total. The molecule has 1 amide bonds. The van der Waals surface area contributed by atoms with Crippen LogP contribution >= 0.6 is 0 Å². The van der Waals surface area contributed by atoms with Gasteiger partial charge in [-0.2, -0.15) is 0 Å². The number of aliphatic hydroxyl groups is 11. The second-order valence-electron chi connectivity index (χ2n) is 26.4. The van der Waals surface area contributed by atoms with Gasteiger partial charge in [-0.05, 0) is 44.9 Å². The highest BCUT2D eigenvalue weighted by molar-refractivity contribution is 5.76. The summed E-state index contributed by atoms with van der Waals surface area (Å²) < 4.78 is 34.4. The predicted molar refractivity (Wildman–Crippen MR) is 351 cm³/mol. The molecule has 530 valence electrons. The molecule has 0 aromatic rings. The number of hydrogen-bond donors (Lipinski definition) is 12. The quantitative estimate of drug-likeness (QED) is 0.0199. The average Bonchev–Trinajstić information content (AvgIpc) is 0.847. The Bertz CT molecular complexity index is 1730. The van der Waals surface area contributed by atoms with E-state index in [9.17, 15) is 61.0 Å². The van der Waals surface area contributed by atoms with Crippen molar-refractivity contribution in [1.82, 2.24) is 5.32 Å². The Labute approximate surface area is 543 Å². The smallest absolute Gasteiger partial charge is 0.220 e. The summed E-state index contributed by atoms with van der Waals surface area (Å²) in [6, 6.07) is -0.974. The standard InChI is InChI=1S/C71H133NO18/c1-3-5-7-9-11-13-15-17-19-21-23-24-25-26-27-28-29-30-31-32-34-36-38-40-42-44-46-48-55(76)54(72-59(77)49-47-45-43-41-39-37-35-33-22-20-18-16-14-12-10-8-6-4-2)53-85-69-65(83)62(80)67(57(51-74)87-69)90-71-66(84)63(81)68(58(52-75)88-71)89-70-64(82)61(79)60(78)56(50-73)86-70/h20,22,46,48,54-58,60-71,73-76,78-84H,3-19,21,23-45,47,49-53H2,1-2H3,(H,72,77)/b22-20-,48-46+. The summed E-state index contributed by atoms with van der Waals surface area (Å²) in [6.45, 7) is 1.76. The first-order chi connectivity index (χ1) is 43.8. The van der Waals surface area contributed by atoms with Gasteiger partial charge in [-0.3, -0.25) is 4.79 Å². The average molecular weight is 1290 g/mol. The van der Waals surface area contributed by atoms with E-state index in [1.54, 1.807) is 6.08 Å². The van der Waals surface area contributed by atoms with Gasteiger partial charge in [-0.25, -0.2) is 0 Å². The first kappa shape index (κ1) is 82.5. The topological polar surface area (TPSA) is 307 Å². The highest BCUT2D eigenvalue weighted by atomic mass is 16.8. The number of ether oxygens (including phenoxy) is 6. The predicted octanol–water partition coefficient (Wildman–Crippen LogP) is 10.2. The maximum absolute atomic E-state index is 13.4. The van der Waals surface area contributed by atoms with Crippen LogP contribution in [0.2, 0.25) is 0 Å². The largest absolute Gasteiger partial charge is 0.394 e. The molecule has 0 aromatic heterocycles. The highest BCUT2D eigenvalue weighted by Crippen LogP contribution is 2.33. The maximum Gasteiger partial charge on any atom is 0.220 e. The normalized spacial score (nSPS) is 28.1. The Morgan fingerprint density at radius 1 is 0.389 bits per heavy atom. The van der Waals surface area contributed by atoms with Crippen LogP contribution in [0.5, 0.6) is 0 Å². The van der Waals surface area contributed by atoms with Crippen LogP contribution in [0.1, 0.15) is 290 Å². The highest BCUT2D eigenvalue weighted by Gasteiger charge is 2.53. The fourth-order valence-corrected chi connectivity index (χ4v) is 12.5. The number of unbranched alkanes of at least 4 members (excludes halogenated alkanes) is 39. The summed E-state index contributed by atoms with van der Waals surface area (Å²) in [5, 5.41) is 121. The van der Waals surface area contributed by atoms with E-state index in [2.05, 4.69) is 31.3 Å². The summed E-state index contributed by atoms with van der Waals surface area (Å²) in [7, 11) is 0. The van der Waals surface area contributed by atoms with E-state index < -0.39 is 124 Å². The molecule has 3 heterocycles. The zero-order chi connectivity index (χ0) is 65.4. The number of allylic oxidation sites excluding steroid dienone is 3. The van der Waals surface area contributed by atoms with Crippen molar-refractivity contribution >= 4 is 5.91 Å². The lowest BCUT2D eigenvalue weighted by Gasteiger charge is -2.48. The first-order valence-electron chi connectivity index (χ1n) is 36.6. The molecule has 0 saturated carbocycles. The third-order valence-corrected chi connectivity index (χ3v) is 18.5. The van der Waals surface area contributed by atoms with Crippen LogP contribution in [0.4, 0.5) is 0 Å². The minimum absolute atomic E-state index is 0.241. The molecule has 19 nitrogen and oxygen atoms in total. The summed E-state index contributed by atoms with van der Waals surface area (Å²) in [4.78, 5) is 13.4. The SMILES string of the molecule is CCCCCCCCC/C=C\CCCCCCCCCC(=O)NC(COC1OC(CO)C(OC2OC(CO)C(OC3OC(CO)C(O)C(O)C3O)C(O)C2O)C(O)C1O)C(O)/C=C/CCCCCCCCCCCCCCCCCCCCCCCCCCC. The molecule has 0 bridgehead atoms. The van der Waals surface area contributed by atoms with E-state index in [1.165, 1.54) is 205 Å². The first-order valence-corrected chi connectivity index (χ1v) is 36.6. The Kier molecular flexibility index (Phi) is 49.0. The van der Waals surface area contributed by atoms with E-state index in [0.29, 0.717) is 6.42 Å². The molecule has 0 spiro atoms. The molecule has 90 heavy (non-hydrogen) atoms. The molecule has 3 aliphatic heterocycles. The van der Waals surface area contributed by atoms with Crippen molar-refractivity contribution in [1.29, 1.82) is 0 Å². The zero-order valence-corrected chi connectivity index (χ0v) is 56.1. The molecule has 3 aliphatic rings. The molecule has 0 radical (unpaired) electrons. The third kappa shape index (κ3) is 34.8. The molecule has 17 unspecified atom stereocenters. The van der Waals surface area contributed by atoms with Gasteiger partial charge >= 0.3 is 0 Å². The molecular formula is C71H133NO18. The van der Waals surface area contributed by atoms with Crippen LogP contribution in [0.3, 0.4) is 0 Å². The van der Waals surface area contributed by atoms with Gasteiger partial charge in [-0.1, -0.05) is 263 Å². The molecule has 17 atom stereocenters. The number of carbonyl (C=O) groups is 1. The van der Waals surface area contributed by atoms with Gasteiger partial charge in [0, 0.05) is 6.42 Å². The van der Waals surface area contributed by atoms with E-state index >= 15 is 0 Å². The molecule has 0 aliphatic carbocycles. The van der Waals surface area contributed by atoms with Crippen LogP contribution < -0.4 is 5.32 Å². The Morgan fingerprint density at radius 3 is 1.08 bits per heavy atom. The maximum atomic E-state index is 13.4. The Balaban J connectivity index is 1.42. The lowest BCUT2D eigenvalue weighted by molar-refractivity contribution is -0.379. The van der Waals surface area contributed by atoms with Crippen LogP contribution in [0.15, 0.2) is 24.3 Å². The second kappa shape index (κ2) is 53.4. The van der Waals surface area contributed by atoms with Gasteiger partial charge in [0.1, 0.15) is 73.2 Å². The minimum atomic E-state index is -1.98. The fourth-order valence-electron chi connectivity index (χ4n) is 12.5. The fraction of sp³-hybridized carbons (Fsp3) is 0.930. The molecule has 3 saturated heterocycles. The summed E-state index contributed by atoms with van der Waals surface area (Å²) >= 11 is 0. The lowest BCUT2D eigenvalue weighted by atomic mass is 9.96. The van der Waals surface area contributed by atoms with Gasteiger partial charge < -0.3 is 89.9 Å². The van der Waals surface area contributed by atoms with Crippen molar-refractivity contribution in [3.05, 3.63) is 24.3 Å². The van der Waals surface area contributed by atoms with Crippen molar-refractivity contribution < 1.29 is 89.4 Å². The molecule has 3 rings (SSSR count). The molecule has 0 aromatic carbocycles.